The summed E-state index contributed by atoms with van der Waals surface area (Å²) in [6.07, 6.45) is 0. The van der Waals surface area contributed by atoms with Crippen molar-refractivity contribution >= 4 is 11.8 Å². The summed E-state index contributed by atoms with van der Waals surface area (Å²) in [7, 11) is 0. The number of Topliss-reactive ketones (excluding diaryl/α,β-unsaturated/α-hetero) is 1. The van der Waals surface area contributed by atoms with Gasteiger partial charge in [0.1, 0.15) is 0 Å². The quantitative estimate of drug-likeness (QED) is 0.486. The van der Waals surface area contributed by atoms with Crippen molar-refractivity contribution in [3.8, 4) is 0 Å². The topological polar surface area (TPSA) is 54.4 Å². The van der Waals surface area contributed by atoms with Crippen LogP contribution < -0.4 is 0 Å². The van der Waals surface area contributed by atoms with E-state index in [2.05, 4.69) is 0 Å². The third kappa shape index (κ3) is 1.86. The Morgan fingerprint density at radius 1 is 1.57 bits per heavy atom. The second-order valence-electron chi connectivity index (χ2n) is 0.862. The van der Waals surface area contributed by atoms with E-state index < -0.39 is 18.4 Å². The second kappa shape index (κ2) is 2.28. The van der Waals surface area contributed by atoms with Crippen molar-refractivity contribution < 1.29 is 19.1 Å². The van der Waals surface area contributed by atoms with Crippen molar-refractivity contribution in [2.75, 3.05) is 6.67 Å². The monoisotopic (exact) mass is 105 g/mol. The van der Waals surface area contributed by atoms with Crippen LogP contribution >= 0.6 is 0 Å². The van der Waals surface area contributed by atoms with Gasteiger partial charge >= 0.3 is 5.97 Å². The molecule has 0 atom stereocenters. The number of hydrogen-bond acceptors (Lipinski definition) is 2. The molecule has 40 valence electrons. The Balaban J connectivity index is 3.58. The van der Waals surface area contributed by atoms with Gasteiger partial charge in [0.15, 0.2) is 6.67 Å². The lowest BCUT2D eigenvalue weighted by Crippen LogP contribution is -2.13. The summed E-state index contributed by atoms with van der Waals surface area (Å²) in [6, 6.07) is 0. The molecule has 0 rings (SSSR count). The first kappa shape index (κ1) is 6.07. The maximum Gasteiger partial charge on any atom is 0.375 e. The highest BCUT2D eigenvalue weighted by atomic mass is 18.2. The Morgan fingerprint density at radius 3 is 2.00 bits per heavy atom. The summed E-state index contributed by atoms with van der Waals surface area (Å²) in [5.74, 6) is -3.12. The SMILES string of the molecule is O=C(O)C(=O)C[18F]. The summed E-state index contributed by atoms with van der Waals surface area (Å²) in [5, 5.41) is 7.59. The summed E-state index contributed by atoms with van der Waals surface area (Å²) >= 11 is 0. The minimum atomic E-state index is -1.72. The van der Waals surface area contributed by atoms with Crippen LogP contribution in [0.5, 0.6) is 0 Å². The Hall–Kier alpha value is -0.930. The third-order valence-corrected chi connectivity index (χ3v) is 0.360. The number of alkyl halides is 1. The van der Waals surface area contributed by atoms with Crippen LogP contribution in [0.1, 0.15) is 0 Å². The Bertz CT molecular complexity index is 98.4. The molecule has 3 nitrogen and oxygen atoms in total. The van der Waals surface area contributed by atoms with E-state index >= 15 is 0 Å². The van der Waals surface area contributed by atoms with Crippen molar-refractivity contribution in [1.82, 2.24) is 0 Å². The van der Waals surface area contributed by atoms with Crippen molar-refractivity contribution in [3.05, 3.63) is 0 Å². The standard InChI is InChI=1S/C3H3FO3/c4-1-2(5)3(6)7/h1H2,(H,6,7)/i4-1. The zero-order chi connectivity index (χ0) is 5.86. The van der Waals surface area contributed by atoms with E-state index in [0.717, 1.165) is 0 Å². The zero-order valence-electron chi connectivity index (χ0n) is 3.35. The molecule has 0 aliphatic heterocycles. The first-order valence-electron chi connectivity index (χ1n) is 1.50. The molecule has 0 aliphatic carbocycles. The van der Waals surface area contributed by atoms with Crippen LogP contribution in [0, 0.1) is 0 Å². The number of carbonyl (C=O) groups is 2. The van der Waals surface area contributed by atoms with Crippen LogP contribution in [-0.2, 0) is 9.59 Å². The van der Waals surface area contributed by atoms with Crippen LogP contribution in [0.15, 0.2) is 0 Å². The van der Waals surface area contributed by atoms with Gasteiger partial charge in [-0.2, -0.15) is 0 Å². The Morgan fingerprint density at radius 2 is 2.00 bits per heavy atom. The van der Waals surface area contributed by atoms with Gasteiger partial charge in [-0.1, -0.05) is 0 Å². The highest BCUT2D eigenvalue weighted by Gasteiger charge is 2.08. The third-order valence-electron chi connectivity index (χ3n) is 0.360. The number of hydrogen-bond donors (Lipinski definition) is 1. The maximum atomic E-state index is 10.9. The number of carbonyl (C=O) groups excluding carboxylic acids is 1. The number of rotatable bonds is 2. The van der Waals surface area contributed by atoms with Gasteiger partial charge in [0.2, 0.25) is 0 Å². The predicted molar refractivity (Wildman–Crippen MR) is 18.6 cm³/mol. The molecular weight excluding hydrogens is 102 g/mol. The van der Waals surface area contributed by atoms with Gasteiger partial charge < -0.3 is 5.11 Å². The minimum absolute atomic E-state index is 1.40. The van der Waals surface area contributed by atoms with Gasteiger partial charge in [-0.05, 0) is 0 Å². The Labute approximate surface area is 38.8 Å². The molecule has 0 aromatic rings. The van der Waals surface area contributed by atoms with E-state index in [1.165, 1.54) is 0 Å². The Kier molecular flexibility index (Phi) is 1.98. The van der Waals surface area contributed by atoms with E-state index in [1.54, 1.807) is 0 Å². The number of halogens is 1. The van der Waals surface area contributed by atoms with E-state index in [9.17, 15) is 14.0 Å². The van der Waals surface area contributed by atoms with E-state index in [1.807, 2.05) is 0 Å². The first-order valence-corrected chi connectivity index (χ1v) is 1.50. The van der Waals surface area contributed by atoms with E-state index in [-0.39, 0.29) is 0 Å². The lowest BCUT2D eigenvalue weighted by Gasteiger charge is -1.78. The van der Waals surface area contributed by atoms with Gasteiger partial charge in [-0.3, -0.25) is 4.79 Å². The summed E-state index contributed by atoms with van der Waals surface area (Å²) in [5.41, 5.74) is 0. The van der Waals surface area contributed by atoms with Gasteiger partial charge in [0.25, 0.3) is 5.78 Å². The molecule has 0 aromatic carbocycles. The van der Waals surface area contributed by atoms with Gasteiger partial charge in [-0.15, -0.1) is 0 Å². The molecular formula is C3H3FO3. The lowest BCUT2D eigenvalue weighted by molar-refractivity contribution is -0.149. The van der Waals surface area contributed by atoms with Crippen LogP contribution in [-0.4, -0.2) is 23.5 Å². The number of ketones is 1. The van der Waals surface area contributed by atoms with E-state index in [4.69, 9.17) is 5.11 Å². The fraction of sp³-hybridized carbons (Fsp3) is 0.333. The molecule has 4 heteroatoms. The molecule has 0 saturated carbocycles. The highest BCUT2D eigenvalue weighted by molar-refractivity contribution is 6.33. The number of aliphatic carboxylic acids is 1. The van der Waals surface area contributed by atoms with Crippen molar-refractivity contribution in [1.29, 1.82) is 0 Å². The smallest absolute Gasteiger partial charge is 0.375 e. The molecule has 0 heterocycles. The lowest BCUT2D eigenvalue weighted by atomic mass is 10.4. The fourth-order valence-electron chi connectivity index (χ4n) is 0.0572. The molecule has 0 radical (unpaired) electrons. The van der Waals surface area contributed by atoms with Crippen LogP contribution in [0.4, 0.5) is 4.39 Å². The average Bonchev–Trinajstić information content (AvgIpc) is 1.65. The van der Waals surface area contributed by atoms with Crippen LogP contribution in [0.25, 0.3) is 0 Å². The van der Waals surface area contributed by atoms with Crippen molar-refractivity contribution in [2.45, 2.75) is 0 Å². The zero-order valence-corrected chi connectivity index (χ0v) is 3.35. The highest BCUT2D eigenvalue weighted by Crippen LogP contribution is 1.71. The molecule has 7 heavy (non-hydrogen) atoms. The molecule has 0 unspecified atom stereocenters. The largest absolute Gasteiger partial charge is 0.475 e. The van der Waals surface area contributed by atoms with Gasteiger partial charge in [0, 0.05) is 0 Å². The van der Waals surface area contributed by atoms with Crippen molar-refractivity contribution in [3.63, 3.8) is 0 Å². The summed E-state index contributed by atoms with van der Waals surface area (Å²) < 4.78 is 10.9. The molecule has 0 aliphatic rings. The summed E-state index contributed by atoms with van der Waals surface area (Å²) in [4.78, 5) is 18.9. The van der Waals surface area contributed by atoms with Crippen LogP contribution in [0.3, 0.4) is 0 Å². The molecule has 0 amide bonds. The maximum absolute atomic E-state index is 10.9. The number of carboxylic acid groups (broad SMARTS) is 1. The molecule has 1 N–H and O–H groups in total. The number of carboxylic acids is 1. The van der Waals surface area contributed by atoms with Crippen LogP contribution in [0.2, 0.25) is 0 Å². The van der Waals surface area contributed by atoms with E-state index in [0.29, 0.717) is 0 Å². The van der Waals surface area contributed by atoms with Gasteiger partial charge in [-0.25, -0.2) is 9.18 Å². The first-order chi connectivity index (χ1) is 3.18. The normalized spacial score (nSPS) is 8.14. The molecule has 0 bridgehead atoms. The van der Waals surface area contributed by atoms with Gasteiger partial charge in [0.05, 0.1) is 0 Å². The molecule has 0 aromatic heterocycles. The minimum Gasteiger partial charge on any atom is -0.475 e. The summed E-state index contributed by atoms with van der Waals surface area (Å²) in [6.45, 7) is -1.42. The average molecular weight is 105 g/mol. The second-order valence-corrected chi connectivity index (χ2v) is 0.862. The fourth-order valence-corrected chi connectivity index (χ4v) is 0.0572. The molecule has 0 spiro atoms. The van der Waals surface area contributed by atoms with Crippen molar-refractivity contribution in [2.24, 2.45) is 0 Å². The molecule has 0 fully saturated rings. The molecule has 0 saturated heterocycles. The predicted octanol–water partition coefficient (Wildman–Crippen LogP) is -0.390.